The molecule has 1 aromatic heterocycles. The van der Waals surface area contributed by atoms with E-state index >= 15 is 0 Å². The molecule has 0 N–H and O–H groups in total. The number of nitrogens with zero attached hydrogens (tertiary/aromatic N) is 3. The van der Waals surface area contributed by atoms with Gasteiger partial charge in [-0.25, -0.2) is 13.4 Å². The van der Waals surface area contributed by atoms with Gasteiger partial charge < -0.3 is 14.2 Å². The first-order valence-corrected chi connectivity index (χ1v) is 13.9. The van der Waals surface area contributed by atoms with Crippen molar-refractivity contribution in [3.63, 3.8) is 0 Å². The molecule has 1 saturated heterocycles. The molecule has 3 aromatic rings. The van der Waals surface area contributed by atoms with E-state index in [1.54, 1.807) is 47.2 Å². The summed E-state index contributed by atoms with van der Waals surface area (Å²) in [6.45, 7) is 1.33. The van der Waals surface area contributed by atoms with Gasteiger partial charge in [0, 0.05) is 23.2 Å². The molecule has 1 amide bonds. The van der Waals surface area contributed by atoms with E-state index in [9.17, 15) is 13.2 Å². The van der Waals surface area contributed by atoms with Gasteiger partial charge in [-0.05, 0) is 49.4 Å². The molecule has 0 bridgehead atoms. The van der Waals surface area contributed by atoms with Gasteiger partial charge in [0.2, 0.25) is 15.0 Å². The second kappa shape index (κ2) is 10.1. The zero-order valence-electron chi connectivity index (χ0n) is 19.3. The summed E-state index contributed by atoms with van der Waals surface area (Å²) in [6, 6.07) is 16.1. The minimum atomic E-state index is -3.71. The van der Waals surface area contributed by atoms with Gasteiger partial charge in [-0.2, -0.15) is 0 Å². The standard InChI is InChI=1S/C26H28ClN3O4S/c27-21-9-4-8-20(14-21)25(31)29(22-11-12-22)16-23-15-28-26(30(23)17-24-10-5-13-34-24)35(32,33)18-19-6-2-1-3-7-19/h1-4,6-9,14-15,22,24H,5,10-13,16-18H2/t24-/m1/s1. The second-order valence-corrected chi connectivity index (χ2v) is 11.5. The van der Waals surface area contributed by atoms with Crippen molar-refractivity contribution in [3.8, 4) is 0 Å². The molecule has 2 aliphatic rings. The van der Waals surface area contributed by atoms with Crippen LogP contribution in [0.2, 0.25) is 5.02 Å². The topological polar surface area (TPSA) is 81.5 Å². The van der Waals surface area contributed by atoms with Crippen molar-refractivity contribution in [1.82, 2.24) is 14.5 Å². The summed E-state index contributed by atoms with van der Waals surface area (Å²) in [6.07, 6.45) is 5.17. The number of hydrogen-bond acceptors (Lipinski definition) is 5. The Morgan fingerprint density at radius 1 is 1.11 bits per heavy atom. The van der Waals surface area contributed by atoms with Crippen LogP contribution in [0.25, 0.3) is 0 Å². The number of aromatic nitrogens is 2. The Labute approximate surface area is 210 Å². The summed E-state index contributed by atoms with van der Waals surface area (Å²) >= 11 is 6.12. The maximum atomic E-state index is 13.4. The molecule has 35 heavy (non-hydrogen) atoms. The molecule has 2 aromatic carbocycles. The fraction of sp³-hybridized carbons (Fsp3) is 0.385. The van der Waals surface area contributed by atoms with Crippen LogP contribution in [-0.2, 0) is 33.4 Å². The van der Waals surface area contributed by atoms with E-state index in [0.717, 1.165) is 25.7 Å². The number of benzene rings is 2. The molecule has 9 heteroatoms. The fourth-order valence-corrected chi connectivity index (χ4v) is 6.22. The molecule has 184 valence electrons. The molecule has 0 spiro atoms. The zero-order chi connectivity index (χ0) is 24.4. The summed E-state index contributed by atoms with van der Waals surface area (Å²) in [5.74, 6) is -0.252. The number of hydrogen-bond donors (Lipinski definition) is 0. The minimum Gasteiger partial charge on any atom is -0.376 e. The van der Waals surface area contributed by atoms with Crippen LogP contribution in [0.4, 0.5) is 0 Å². The third-order valence-corrected chi connectivity index (χ3v) is 8.27. The number of halogens is 1. The highest BCUT2D eigenvalue weighted by Gasteiger charge is 2.35. The summed E-state index contributed by atoms with van der Waals surface area (Å²) in [4.78, 5) is 19.6. The monoisotopic (exact) mass is 513 g/mol. The molecule has 1 aliphatic heterocycles. The number of carbonyl (C=O) groups excluding carboxylic acids is 1. The van der Waals surface area contributed by atoms with E-state index < -0.39 is 9.84 Å². The normalized spacial score (nSPS) is 18.0. The maximum absolute atomic E-state index is 13.4. The van der Waals surface area contributed by atoms with Crippen LogP contribution in [0.3, 0.4) is 0 Å². The lowest BCUT2D eigenvalue weighted by atomic mass is 10.2. The average Bonchev–Trinajstić information content (AvgIpc) is 3.39. The highest BCUT2D eigenvalue weighted by atomic mass is 35.5. The third-order valence-electron chi connectivity index (χ3n) is 6.44. The van der Waals surface area contributed by atoms with Crippen LogP contribution in [0.15, 0.2) is 66.0 Å². The Morgan fingerprint density at radius 3 is 2.60 bits per heavy atom. The van der Waals surface area contributed by atoms with Crippen LogP contribution in [0, 0.1) is 0 Å². The molecule has 5 rings (SSSR count). The van der Waals surface area contributed by atoms with Crippen molar-refractivity contribution in [2.24, 2.45) is 0 Å². The zero-order valence-corrected chi connectivity index (χ0v) is 20.9. The van der Waals surface area contributed by atoms with Crippen LogP contribution < -0.4 is 0 Å². The van der Waals surface area contributed by atoms with Gasteiger partial charge >= 0.3 is 0 Å². The first-order chi connectivity index (χ1) is 16.9. The predicted octanol–water partition coefficient (Wildman–Crippen LogP) is 4.49. The van der Waals surface area contributed by atoms with E-state index in [0.29, 0.717) is 35.0 Å². The molecule has 1 aliphatic carbocycles. The molecule has 7 nitrogen and oxygen atoms in total. The number of imidazole rings is 1. The number of sulfone groups is 1. The first kappa shape index (κ1) is 24.0. The SMILES string of the molecule is O=C(c1cccc(Cl)c1)N(Cc1cnc(S(=O)(=O)Cc2ccccc2)n1C[C@H]1CCCO1)C1CC1. The largest absolute Gasteiger partial charge is 0.376 e. The Bertz CT molecular complexity index is 1300. The van der Waals surface area contributed by atoms with Crippen molar-refractivity contribution in [1.29, 1.82) is 0 Å². The van der Waals surface area contributed by atoms with Gasteiger partial charge in [0.25, 0.3) is 5.91 Å². The first-order valence-electron chi connectivity index (χ1n) is 11.9. The predicted molar refractivity (Wildman–Crippen MR) is 133 cm³/mol. The Balaban J connectivity index is 1.47. The van der Waals surface area contributed by atoms with Crippen LogP contribution in [0.5, 0.6) is 0 Å². The minimum absolute atomic E-state index is 0.0257. The van der Waals surface area contributed by atoms with E-state index in [-0.39, 0.29) is 35.5 Å². The van der Waals surface area contributed by atoms with E-state index in [1.807, 2.05) is 23.1 Å². The van der Waals surface area contributed by atoms with Crippen molar-refractivity contribution in [2.75, 3.05) is 6.61 Å². The maximum Gasteiger partial charge on any atom is 0.254 e. The van der Waals surface area contributed by atoms with Gasteiger partial charge in [0.1, 0.15) is 0 Å². The second-order valence-electron chi connectivity index (χ2n) is 9.20. The average molecular weight is 514 g/mol. The van der Waals surface area contributed by atoms with Gasteiger partial charge in [0.15, 0.2) is 0 Å². The van der Waals surface area contributed by atoms with E-state index in [1.165, 1.54) is 0 Å². The number of rotatable bonds is 9. The lowest BCUT2D eigenvalue weighted by Gasteiger charge is -2.24. The van der Waals surface area contributed by atoms with Gasteiger partial charge in [0.05, 0.1) is 36.8 Å². The summed E-state index contributed by atoms with van der Waals surface area (Å²) in [5, 5.41) is 0.530. The van der Waals surface area contributed by atoms with E-state index in [2.05, 4.69) is 4.98 Å². The summed E-state index contributed by atoms with van der Waals surface area (Å²) < 4.78 is 34.4. The Kier molecular flexibility index (Phi) is 6.95. The number of carbonyl (C=O) groups is 1. The smallest absolute Gasteiger partial charge is 0.254 e. The van der Waals surface area contributed by atoms with Gasteiger partial charge in [-0.1, -0.05) is 48.0 Å². The number of amides is 1. The van der Waals surface area contributed by atoms with Crippen LogP contribution in [0.1, 0.15) is 47.3 Å². The molecule has 0 radical (unpaired) electrons. The molecular weight excluding hydrogens is 486 g/mol. The van der Waals surface area contributed by atoms with Crippen LogP contribution in [-0.4, -0.2) is 47.5 Å². The van der Waals surface area contributed by atoms with Gasteiger partial charge in [-0.3, -0.25) is 4.79 Å². The molecule has 1 saturated carbocycles. The molecular formula is C26H28ClN3O4S. The molecule has 1 atom stereocenters. The summed E-state index contributed by atoms with van der Waals surface area (Å²) in [7, 11) is -3.71. The van der Waals surface area contributed by atoms with E-state index in [4.69, 9.17) is 16.3 Å². The van der Waals surface area contributed by atoms with Gasteiger partial charge in [-0.15, -0.1) is 0 Å². The van der Waals surface area contributed by atoms with Crippen molar-refractivity contribution >= 4 is 27.3 Å². The highest BCUT2D eigenvalue weighted by Crippen LogP contribution is 2.31. The number of ether oxygens (including phenoxy) is 1. The summed E-state index contributed by atoms with van der Waals surface area (Å²) in [5.41, 5.74) is 1.91. The lowest BCUT2D eigenvalue weighted by Crippen LogP contribution is -2.34. The molecule has 0 unspecified atom stereocenters. The van der Waals surface area contributed by atoms with Crippen molar-refractivity contribution in [3.05, 3.63) is 82.6 Å². The Morgan fingerprint density at radius 2 is 1.91 bits per heavy atom. The molecule has 2 fully saturated rings. The van der Waals surface area contributed by atoms with Crippen molar-refractivity contribution < 1.29 is 17.9 Å². The fourth-order valence-electron chi connectivity index (χ4n) is 4.53. The molecule has 2 heterocycles. The third kappa shape index (κ3) is 5.60. The van der Waals surface area contributed by atoms with Crippen molar-refractivity contribution in [2.45, 2.75) is 61.8 Å². The highest BCUT2D eigenvalue weighted by molar-refractivity contribution is 7.90. The Hall–Kier alpha value is -2.68. The lowest BCUT2D eigenvalue weighted by molar-refractivity contribution is 0.0718. The van der Waals surface area contributed by atoms with Crippen LogP contribution >= 0.6 is 11.6 Å². The quantitative estimate of drug-likeness (QED) is 0.421.